The second kappa shape index (κ2) is 4.08. The highest BCUT2D eigenvalue weighted by Gasteiger charge is 2.09. The maximum Gasteiger partial charge on any atom is 0.146 e. The number of hydrogen-bond donors (Lipinski definition) is 1. The summed E-state index contributed by atoms with van der Waals surface area (Å²) in [6, 6.07) is 3.00. The van der Waals surface area contributed by atoms with Gasteiger partial charge in [0.05, 0.1) is 5.02 Å². The van der Waals surface area contributed by atoms with Gasteiger partial charge >= 0.3 is 0 Å². The van der Waals surface area contributed by atoms with Crippen LogP contribution in [-0.4, -0.2) is 6.54 Å². The molecule has 0 aliphatic carbocycles. The maximum atomic E-state index is 13.2. The molecule has 0 saturated carbocycles. The van der Waals surface area contributed by atoms with Crippen LogP contribution in [-0.2, 0) is 6.42 Å². The monoisotopic (exact) mass is 207 g/mol. The normalized spacial score (nSPS) is 10.3. The van der Waals surface area contributed by atoms with Crippen LogP contribution in [0.2, 0.25) is 10.0 Å². The Morgan fingerprint density at radius 3 is 2.42 bits per heavy atom. The van der Waals surface area contributed by atoms with Crippen molar-refractivity contribution in [1.82, 2.24) is 0 Å². The third kappa shape index (κ3) is 1.89. The van der Waals surface area contributed by atoms with Crippen LogP contribution in [0, 0.1) is 5.82 Å². The summed E-state index contributed by atoms with van der Waals surface area (Å²) < 4.78 is 13.2. The number of nitrogens with two attached hydrogens (primary N) is 1. The molecule has 0 fully saturated rings. The molecule has 4 heteroatoms. The zero-order chi connectivity index (χ0) is 9.14. The van der Waals surface area contributed by atoms with Gasteiger partial charge in [-0.3, -0.25) is 0 Å². The summed E-state index contributed by atoms with van der Waals surface area (Å²) in [4.78, 5) is 0. The lowest BCUT2D eigenvalue weighted by Crippen LogP contribution is -2.05. The molecule has 0 aromatic heterocycles. The molecule has 0 saturated heterocycles. The van der Waals surface area contributed by atoms with E-state index in [9.17, 15) is 4.39 Å². The molecular formula is C8H8Cl2FN. The summed E-state index contributed by atoms with van der Waals surface area (Å²) in [5, 5.41) is 0.463. The van der Waals surface area contributed by atoms with Gasteiger partial charge in [0.1, 0.15) is 5.82 Å². The fraction of sp³-hybridized carbons (Fsp3) is 0.250. The topological polar surface area (TPSA) is 26.0 Å². The molecule has 0 amide bonds. The van der Waals surface area contributed by atoms with E-state index < -0.39 is 5.82 Å². The van der Waals surface area contributed by atoms with E-state index in [0.29, 0.717) is 23.6 Å². The first-order valence-corrected chi connectivity index (χ1v) is 4.25. The summed E-state index contributed by atoms with van der Waals surface area (Å²) in [5.41, 5.74) is 5.68. The fourth-order valence-electron chi connectivity index (χ4n) is 0.943. The summed E-state index contributed by atoms with van der Waals surface area (Å²) in [7, 11) is 0. The Balaban J connectivity index is 3.14. The molecule has 1 aromatic carbocycles. The molecule has 1 rings (SSSR count). The smallest absolute Gasteiger partial charge is 0.146 e. The van der Waals surface area contributed by atoms with E-state index in [0.717, 1.165) is 0 Å². The zero-order valence-corrected chi connectivity index (χ0v) is 7.79. The van der Waals surface area contributed by atoms with E-state index in [1.54, 1.807) is 6.07 Å². The summed E-state index contributed by atoms with van der Waals surface area (Å²) in [5.74, 6) is -0.463. The van der Waals surface area contributed by atoms with E-state index in [2.05, 4.69) is 0 Å². The second-order valence-corrected chi connectivity index (χ2v) is 3.17. The van der Waals surface area contributed by atoms with Crippen molar-refractivity contribution in [2.24, 2.45) is 5.73 Å². The highest BCUT2D eigenvalue weighted by Crippen LogP contribution is 2.25. The lowest BCUT2D eigenvalue weighted by Gasteiger charge is -2.04. The molecule has 0 bridgehead atoms. The van der Waals surface area contributed by atoms with Crippen LogP contribution in [0.25, 0.3) is 0 Å². The van der Waals surface area contributed by atoms with Gasteiger partial charge in [-0.1, -0.05) is 23.2 Å². The Bertz CT molecular complexity index is 289. The van der Waals surface area contributed by atoms with Gasteiger partial charge in [0.25, 0.3) is 0 Å². The van der Waals surface area contributed by atoms with Crippen LogP contribution >= 0.6 is 23.2 Å². The largest absolute Gasteiger partial charge is 0.330 e. The third-order valence-electron chi connectivity index (χ3n) is 1.53. The van der Waals surface area contributed by atoms with Crippen molar-refractivity contribution in [3.8, 4) is 0 Å². The zero-order valence-electron chi connectivity index (χ0n) is 6.28. The molecule has 0 atom stereocenters. The summed E-state index contributed by atoms with van der Waals surface area (Å²) >= 11 is 11.3. The van der Waals surface area contributed by atoms with Gasteiger partial charge in [0.15, 0.2) is 0 Å². The van der Waals surface area contributed by atoms with E-state index >= 15 is 0 Å². The number of halogens is 3. The quantitative estimate of drug-likeness (QED) is 0.742. The van der Waals surface area contributed by atoms with Crippen molar-refractivity contribution in [3.63, 3.8) is 0 Å². The maximum absolute atomic E-state index is 13.2. The van der Waals surface area contributed by atoms with Crippen LogP contribution in [0.1, 0.15) is 5.56 Å². The highest BCUT2D eigenvalue weighted by atomic mass is 35.5. The van der Waals surface area contributed by atoms with Crippen LogP contribution in [0.5, 0.6) is 0 Å². The molecule has 0 aliphatic heterocycles. The number of rotatable bonds is 2. The van der Waals surface area contributed by atoms with Gasteiger partial charge in [0, 0.05) is 10.6 Å². The minimum atomic E-state index is -0.463. The Morgan fingerprint density at radius 2 is 1.83 bits per heavy atom. The van der Waals surface area contributed by atoms with Crippen LogP contribution in [0.15, 0.2) is 12.1 Å². The molecular weight excluding hydrogens is 200 g/mol. The first kappa shape index (κ1) is 9.78. The molecule has 0 spiro atoms. The Kier molecular flexibility index (Phi) is 3.32. The van der Waals surface area contributed by atoms with Crippen molar-refractivity contribution in [1.29, 1.82) is 0 Å². The van der Waals surface area contributed by atoms with Crippen LogP contribution in [0.3, 0.4) is 0 Å². The average molecular weight is 208 g/mol. The Hall–Kier alpha value is -0.310. The van der Waals surface area contributed by atoms with Gasteiger partial charge in [-0.2, -0.15) is 0 Å². The fourth-order valence-corrected chi connectivity index (χ4v) is 1.36. The standard InChI is InChI=1S/C8H8Cl2FN/c9-6-1-2-7(10)8(11)5(6)3-4-12/h1-2H,3-4,12H2. The molecule has 12 heavy (non-hydrogen) atoms. The van der Waals surface area contributed by atoms with Crippen molar-refractivity contribution in [2.75, 3.05) is 6.54 Å². The van der Waals surface area contributed by atoms with Gasteiger partial charge < -0.3 is 5.73 Å². The first-order chi connectivity index (χ1) is 5.66. The average Bonchev–Trinajstić information content (AvgIpc) is 2.06. The SMILES string of the molecule is NCCc1c(Cl)ccc(Cl)c1F. The third-order valence-corrected chi connectivity index (χ3v) is 2.18. The van der Waals surface area contributed by atoms with Crippen molar-refractivity contribution < 1.29 is 4.39 Å². The minimum absolute atomic E-state index is 0.0860. The number of benzene rings is 1. The lowest BCUT2D eigenvalue weighted by molar-refractivity contribution is 0.610. The van der Waals surface area contributed by atoms with Gasteiger partial charge in [0.2, 0.25) is 0 Å². The van der Waals surface area contributed by atoms with E-state index in [4.69, 9.17) is 28.9 Å². The predicted molar refractivity (Wildman–Crippen MR) is 49.2 cm³/mol. The Morgan fingerprint density at radius 1 is 1.25 bits per heavy atom. The second-order valence-electron chi connectivity index (χ2n) is 2.36. The van der Waals surface area contributed by atoms with Gasteiger partial charge in [-0.15, -0.1) is 0 Å². The predicted octanol–water partition coefficient (Wildman–Crippen LogP) is 2.63. The first-order valence-electron chi connectivity index (χ1n) is 3.49. The minimum Gasteiger partial charge on any atom is -0.330 e. The molecule has 0 aliphatic rings. The molecule has 0 radical (unpaired) electrons. The molecule has 2 N–H and O–H groups in total. The van der Waals surface area contributed by atoms with Gasteiger partial charge in [-0.25, -0.2) is 4.39 Å². The van der Waals surface area contributed by atoms with E-state index in [1.165, 1.54) is 6.07 Å². The van der Waals surface area contributed by atoms with Crippen LogP contribution in [0.4, 0.5) is 4.39 Å². The number of hydrogen-bond acceptors (Lipinski definition) is 1. The summed E-state index contributed by atoms with van der Waals surface area (Å²) in [6.07, 6.45) is 0.408. The van der Waals surface area contributed by atoms with Gasteiger partial charge in [-0.05, 0) is 25.1 Å². The van der Waals surface area contributed by atoms with Crippen molar-refractivity contribution >= 4 is 23.2 Å². The molecule has 0 unspecified atom stereocenters. The molecule has 66 valence electrons. The highest BCUT2D eigenvalue weighted by molar-refractivity contribution is 6.33. The summed E-state index contributed by atoms with van der Waals surface area (Å²) in [6.45, 7) is 0.358. The van der Waals surface area contributed by atoms with Crippen molar-refractivity contribution in [2.45, 2.75) is 6.42 Å². The molecule has 0 heterocycles. The van der Waals surface area contributed by atoms with E-state index in [-0.39, 0.29) is 5.02 Å². The van der Waals surface area contributed by atoms with E-state index in [1.807, 2.05) is 0 Å². The molecule has 1 nitrogen and oxygen atoms in total. The molecule has 1 aromatic rings. The Labute approximate surface area is 80.3 Å². The lowest BCUT2D eigenvalue weighted by atomic mass is 10.1. The van der Waals surface area contributed by atoms with Crippen molar-refractivity contribution in [3.05, 3.63) is 33.6 Å². The van der Waals surface area contributed by atoms with Crippen LogP contribution < -0.4 is 5.73 Å².